The summed E-state index contributed by atoms with van der Waals surface area (Å²) in [6, 6.07) is 8.01. The average Bonchev–Trinajstić information content (AvgIpc) is 3.21. The SMILES string of the molecule is CC(O)(CC1CC1)C1(CN)CCOc2ccccc21. The van der Waals surface area contributed by atoms with E-state index in [1.54, 1.807) is 0 Å². The molecule has 3 rings (SSSR count). The highest BCUT2D eigenvalue weighted by Gasteiger charge is 2.51. The van der Waals surface area contributed by atoms with E-state index in [9.17, 15) is 5.11 Å². The summed E-state index contributed by atoms with van der Waals surface area (Å²) in [5.41, 5.74) is 6.07. The fraction of sp³-hybridized carbons (Fsp3) is 0.625. The Kier molecular flexibility index (Phi) is 3.06. The van der Waals surface area contributed by atoms with Crippen LogP contribution in [-0.4, -0.2) is 23.9 Å². The first kappa shape index (κ1) is 12.9. The summed E-state index contributed by atoms with van der Waals surface area (Å²) < 4.78 is 5.73. The molecule has 0 bridgehead atoms. The topological polar surface area (TPSA) is 55.5 Å². The Labute approximate surface area is 114 Å². The molecule has 1 aliphatic heterocycles. The molecular formula is C16H23NO2. The van der Waals surface area contributed by atoms with Gasteiger partial charge in [-0.3, -0.25) is 0 Å². The minimum absolute atomic E-state index is 0.371. The van der Waals surface area contributed by atoms with Crippen molar-refractivity contribution >= 4 is 0 Å². The first-order valence-corrected chi connectivity index (χ1v) is 7.24. The van der Waals surface area contributed by atoms with Crippen molar-refractivity contribution in [2.24, 2.45) is 11.7 Å². The minimum Gasteiger partial charge on any atom is -0.493 e. The van der Waals surface area contributed by atoms with Crippen LogP contribution >= 0.6 is 0 Å². The molecule has 0 radical (unpaired) electrons. The summed E-state index contributed by atoms with van der Waals surface area (Å²) in [6.07, 6.45) is 4.13. The lowest BCUT2D eigenvalue weighted by Gasteiger charge is -2.48. The van der Waals surface area contributed by atoms with Crippen LogP contribution in [0.5, 0.6) is 5.75 Å². The second-order valence-corrected chi connectivity index (χ2v) is 6.30. The van der Waals surface area contributed by atoms with Gasteiger partial charge < -0.3 is 15.6 Å². The van der Waals surface area contributed by atoms with Gasteiger partial charge in [-0.2, -0.15) is 0 Å². The van der Waals surface area contributed by atoms with Gasteiger partial charge in [-0.05, 0) is 31.7 Å². The van der Waals surface area contributed by atoms with Crippen LogP contribution in [0, 0.1) is 5.92 Å². The number of benzene rings is 1. The highest BCUT2D eigenvalue weighted by molar-refractivity contribution is 5.44. The maximum atomic E-state index is 11.1. The fourth-order valence-electron chi connectivity index (χ4n) is 3.53. The van der Waals surface area contributed by atoms with Crippen molar-refractivity contribution in [3.8, 4) is 5.75 Å². The predicted molar refractivity (Wildman–Crippen MR) is 75.3 cm³/mol. The van der Waals surface area contributed by atoms with E-state index in [1.807, 2.05) is 25.1 Å². The number of ether oxygens (including phenoxy) is 1. The van der Waals surface area contributed by atoms with Crippen molar-refractivity contribution < 1.29 is 9.84 Å². The third-order valence-electron chi connectivity index (χ3n) is 4.95. The van der Waals surface area contributed by atoms with E-state index >= 15 is 0 Å². The Balaban J connectivity index is 2.03. The molecule has 2 unspecified atom stereocenters. The monoisotopic (exact) mass is 261 g/mol. The summed E-state index contributed by atoms with van der Waals surface area (Å²) in [6.45, 7) is 3.06. The van der Waals surface area contributed by atoms with Gasteiger partial charge in [-0.15, -0.1) is 0 Å². The van der Waals surface area contributed by atoms with E-state index in [1.165, 1.54) is 12.8 Å². The van der Waals surface area contributed by atoms with Crippen molar-refractivity contribution in [1.29, 1.82) is 0 Å². The molecule has 0 saturated heterocycles. The van der Waals surface area contributed by atoms with Crippen molar-refractivity contribution in [2.45, 2.75) is 43.6 Å². The first-order valence-electron chi connectivity index (χ1n) is 7.24. The van der Waals surface area contributed by atoms with Gasteiger partial charge in [0.25, 0.3) is 0 Å². The summed E-state index contributed by atoms with van der Waals surface area (Å²) in [5, 5.41) is 11.1. The Morgan fingerprint density at radius 1 is 1.42 bits per heavy atom. The number of hydrogen-bond acceptors (Lipinski definition) is 3. The zero-order chi connectivity index (χ0) is 13.5. The van der Waals surface area contributed by atoms with Crippen LogP contribution < -0.4 is 10.5 Å². The molecule has 0 aromatic heterocycles. The molecule has 2 aliphatic rings. The molecule has 1 fully saturated rings. The lowest BCUT2D eigenvalue weighted by molar-refractivity contribution is -0.0483. The van der Waals surface area contributed by atoms with E-state index in [-0.39, 0.29) is 5.41 Å². The van der Waals surface area contributed by atoms with E-state index in [2.05, 4.69) is 6.07 Å². The highest BCUT2D eigenvalue weighted by Crippen LogP contribution is 2.50. The van der Waals surface area contributed by atoms with Crippen LogP contribution in [0.25, 0.3) is 0 Å². The molecule has 1 saturated carbocycles. The van der Waals surface area contributed by atoms with E-state index < -0.39 is 5.60 Å². The number of nitrogens with two attached hydrogens (primary N) is 1. The molecule has 2 atom stereocenters. The minimum atomic E-state index is -0.761. The number of rotatable bonds is 4. The zero-order valence-electron chi connectivity index (χ0n) is 11.6. The van der Waals surface area contributed by atoms with Crippen LogP contribution in [0.15, 0.2) is 24.3 Å². The van der Waals surface area contributed by atoms with Gasteiger partial charge >= 0.3 is 0 Å². The largest absolute Gasteiger partial charge is 0.493 e. The molecule has 1 aromatic rings. The van der Waals surface area contributed by atoms with Gasteiger partial charge in [0.1, 0.15) is 5.75 Å². The van der Waals surface area contributed by atoms with Crippen LogP contribution in [0.1, 0.15) is 38.2 Å². The summed E-state index contributed by atoms with van der Waals surface area (Å²) in [7, 11) is 0. The van der Waals surface area contributed by atoms with Crippen molar-refractivity contribution in [3.63, 3.8) is 0 Å². The van der Waals surface area contributed by atoms with Crippen LogP contribution in [0.3, 0.4) is 0 Å². The maximum absolute atomic E-state index is 11.1. The molecule has 1 aromatic carbocycles. The number of fused-ring (bicyclic) bond motifs is 1. The van der Waals surface area contributed by atoms with Gasteiger partial charge in [0, 0.05) is 17.5 Å². The summed E-state index contributed by atoms with van der Waals surface area (Å²) >= 11 is 0. The number of para-hydroxylation sites is 1. The standard InChI is InChI=1S/C16H23NO2/c1-15(18,10-12-6-7-12)16(11-17)8-9-19-14-5-3-2-4-13(14)16/h2-5,12,18H,6-11,17H2,1H3. The second kappa shape index (κ2) is 4.50. The van der Waals surface area contributed by atoms with Crippen LogP contribution in [-0.2, 0) is 5.41 Å². The maximum Gasteiger partial charge on any atom is 0.123 e. The van der Waals surface area contributed by atoms with Gasteiger partial charge in [0.05, 0.1) is 12.2 Å². The Morgan fingerprint density at radius 2 is 2.16 bits per heavy atom. The Bertz CT molecular complexity index is 468. The lowest BCUT2D eigenvalue weighted by Crippen LogP contribution is -2.56. The summed E-state index contributed by atoms with van der Waals surface area (Å²) in [4.78, 5) is 0. The van der Waals surface area contributed by atoms with E-state index in [0.29, 0.717) is 19.1 Å². The normalized spacial score (nSPS) is 29.2. The quantitative estimate of drug-likeness (QED) is 0.873. The van der Waals surface area contributed by atoms with Gasteiger partial charge in [0.15, 0.2) is 0 Å². The Morgan fingerprint density at radius 3 is 2.84 bits per heavy atom. The second-order valence-electron chi connectivity index (χ2n) is 6.30. The first-order chi connectivity index (χ1) is 9.09. The van der Waals surface area contributed by atoms with Crippen LogP contribution in [0.4, 0.5) is 0 Å². The third-order valence-corrected chi connectivity index (χ3v) is 4.95. The number of aliphatic hydroxyl groups is 1. The molecule has 3 heteroatoms. The third kappa shape index (κ3) is 2.05. The van der Waals surface area contributed by atoms with Crippen molar-refractivity contribution in [1.82, 2.24) is 0 Å². The molecule has 3 N–H and O–H groups in total. The molecule has 104 valence electrons. The van der Waals surface area contributed by atoms with E-state index in [0.717, 1.165) is 24.2 Å². The average molecular weight is 261 g/mol. The molecule has 1 aliphatic carbocycles. The van der Waals surface area contributed by atoms with Gasteiger partial charge in [0.2, 0.25) is 0 Å². The molecular weight excluding hydrogens is 238 g/mol. The molecule has 0 amide bonds. The van der Waals surface area contributed by atoms with Gasteiger partial charge in [-0.25, -0.2) is 0 Å². The van der Waals surface area contributed by atoms with Crippen LogP contribution in [0.2, 0.25) is 0 Å². The number of hydrogen-bond donors (Lipinski definition) is 2. The molecule has 1 heterocycles. The predicted octanol–water partition coefficient (Wildman–Crippen LogP) is 2.22. The Hall–Kier alpha value is -1.06. The fourth-order valence-corrected chi connectivity index (χ4v) is 3.53. The van der Waals surface area contributed by atoms with Crippen molar-refractivity contribution in [2.75, 3.05) is 13.2 Å². The molecule has 0 spiro atoms. The van der Waals surface area contributed by atoms with Gasteiger partial charge in [-0.1, -0.05) is 31.0 Å². The van der Waals surface area contributed by atoms with Crippen molar-refractivity contribution in [3.05, 3.63) is 29.8 Å². The lowest BCUT2D eigenvalue weighted by atomic mass is 9.63. The zero-order valence-corrected chi connectivity index (χ0v) is 11.6. The highest BCUT2D eigenvalue weighted by atomic mass is 16.5. The smallest absolute Gasteiger partial charge is 0.123 e. The molecule has 19 heavy (non-hydrogen) atoms. The molecule has 3 nitrogen and oxygen atoms in total. The summed E-state index contributed by atoms with van der Waals surface area (Å²) in [5.74, 6) is 1.56. The van der Waals surface area contributed by atoms with E-state index in [4.69, 9.17) is 10.5 Å².